The van der Waals surface area contributed by atoms with E-state index in [1.165, 1.54) is 0 Å². The molecule has 0 fully saturated rings. The lowest BCUT2D eigenvalue weighted by Crippen LogP contribution is -2.03. The van der Waals surface area contributed by atoms with Crippen LogP contribution in [0.5, 0.6) is 5.75 Å². The fraction of sp³-hybridized carbons (Fsp3) is 0.280. The Balaban J connectivity index is 0.00000176. The van der Waals surface area contributed by atoms with Crippen molar-refractivity contribution in [1.82, 2.24) is 9.97 Å². The Hall–Kier alpha value is -3.58. The number of hydrogen-bond donors (Lipinski definition) is 2. The Morgan fingerprint density at radius 3 is 2.41 bits per heavy atom. The van der Waals surface area contributed by atoms with E-state index in [2.05, 4.69) is 10.1 Å². The number of pyridine rings is 2. The maximum absolute atomic E-state index is 7.68. The first-order valence-corrected chi connectivity index (χ1v) is 10.3. The molecule has 7 nitrogen and oxygen atoms in total. The second kappa shape index (κ2) is 13.0. The zero-order valence-corrected chi connectivity index (χ0v) is 19.0. The third kappa shape index (κ3) is 6.99. The van der Waals surface area contributed by atoms with Crippen LogP contribution in [-0.4, -0.2) is 47.3 Å². The Kier molecular flexibility index (Phi) is 10.0. The SMILES string of the molecule is CO.COc1ccccc1-c1cccc(/C(C)=N/OCCCc2cccc(C(C)=N)n2)n1. The summed E-state index contributed by atoms with van der Waals surface area (Å²) in [7, 11) is 2.65. The van der Waals surface area contributed by atoms with Crippen LogP contribution in [-0.2, 0) is 11.3 Å². The standard InChI is InChI=1S/C24H26N4O2.CH4O/c1-17(25)21-12-6-9-19(26-21)10-8-16-30-28-18(2)22-13-7-14-23(27-22)20-11-4-5-15-24(20)29-3;1-2/h4-7,9,11-15,25H,8,10,16H2,1-3H3;2H,1H3/b25-17?,28-18+;. The number of aliphatic hydroxyl groups excluding tert-OH is 1. The molecular weight excluding hydrogens is 404 g/mol. The van der Waals surface area contributed by atoms with E-state index in [-0.39, 0.29) is 0 Å². The van der Waals surface area contributed by atoms with Crippen LogP contribution in [0.4, 0.5) is 0 Å². The highest BCUT2D eigenvalue weighted by atomic mass is 16.6. The molecule has 0 radical (unpaired) electrons. The van der Waals surface area contributed by atoms with Crippen LogP contribution in [0.25, 0.3) is 11.3 Å². The van der Waals surface area contributed by atoms with Gasteiger partial charge in [-0.2, -0.15) is 0 Å². The summed E-state index contributed by atoms with van der Waals surface area (Å²) >= 11 is 0. The highest BCUT2D eigenvalue weighted by Crippen LogP contribution is 2.28. The summed E-state index contributed by atoms with van der Waals surface area (Å²) in [5, 5.41) is 18.9. The highest BCUT2D eigenvalue weighted by molar-refractivity contribution is 5.97. The summed E-state index contributed by atoms with van der Waals surface area (Å²) in [6.45, 7) is 4.11. The van der Waals surface area contributed by atoms with E-state index in [9.17, 15) is 0 Å². The molecule has 0 saturated carbocycles. The number of nitrogens with one attached hydrogen (secondary N) is 1. The zero-order valence-electron chi connectivity index (χ0n) is 19.0. The molecule has 32 heavy (non-hydrogen) atoms. The lowest BCUT2D eigenvalue weighted by Gasteiger charge is -2.09. The minimum Gasteiger partial charge on any atom is -0.496 e. The van der Waals surface area contributed by atoms with Crippen LogP contribution in [0.2, 0.25) is 0 Å². The van der Waals surface area contributed by atoms with Gasteiger partial charge in [0.2, 0.25) is 0 Å². The molecule has 0 aliphatic carbocycles. The molecule has 0 bridgehead atoms. The predicted molar refractivity (Wildman–Crippen MR) is 128 cm³/mol. The number of methoxy groups -OCH3 is 1. The molecule has 2 aromatic heterocycles. The molecule has 0 amide bonds. The fourth-order valence-corrected chi connectivity index (χ4v) is 2.98. The Morgan fingerprint density at radius 2 is 1.66 bits per heavy atom. The number of nitrogens with zero attached hydrogens (tertiary/aromatic N) is 3. The maximum atomic E-state index is 7.68. The number of aryl methyl sites for hydroxylation is 1. The first-order valence-electron chi connectivity index (χ1n) is 10.3. The average Bonchev–Trinajstić information content (AvgIpc) is 2.85. The van der Waals surface area contributed by atoms with Gasteiger partial charge in [0, 0.05) is 18.4 Å². The molecule has 2 heterocycles. The largest absolute Gasteiger partial charge is 0.496 e. The van der Waals surface area contributed by atoms with Gasteiger partial charge in [0.1, 0.15) is 18.1 Å². The number of oxime groups is 1. The van der Waals surface area contributed by atoms with Crippen molar-refractivity contribution in [3.63, 3.8) is 0 Å². The van der Waals surface area contributed by atoms with E-state index >= 15 is 0 Å². The van der Waals surface area contributed by atoms with Crippen molar-refractivity contribution in [3.8, 4) is 17.0 Å². The van der Waals surface area contributed by atoms with Crippen molar-refractivity contribution < 1.29 is 14.7 Å². The Bertz CT molecular complexity index is 1050. The minimum absolute atomic E-state index is 0.469. The third-order valence-electron chi connectivity index (χ3n) is 4.56. The molecule has 0 unspecified atom stereocenters. The smallest absolute Gasteiger partial charge is 0.128 e. The van der Waals surface area contributed by atoms with Gasteiger partial charge in [-0.3, -0.25) is 4.98 Å². The molecule has 2 N–H and O–H groups in total. The van der Waals surface area contributed by atoms with Crippen molar-refractivity contribution in [1.29, 1.82) is 5.41 Å². The highest BCUT2D eigenvalue weighted by Gasteiger charge is 2.08. The fourth-order valence-electron chi connectivity index (χ4n) is 2.98. The van der Waals surface area contributed by atoms with E-state index in [0.29, 0.717) is 23.7 Å². The summed E-state index contributed by atoms with van der Waals surface area (Å²) in [5.41, 5.74) is 5.37. The van der Waals surface area contributed by atoms with Crippen LogP contribution >= 0.6 is 0 Å². The number of aromatic nitrogens is 2. The molecule has 7 heteroatoms. The van der Waals surface area contributed by atoms with Gasteiger partial charge < -0.3 is 20.1 Å². The van der Waals surface area contributed by atoms with Crippen LogP contribution < -0.4 is 4.74 Å². The van der Waals surface area contributed by atoms with E-state index in [4.69, 9.17) is 25.1 Å². The van der Waals surface area contributed by atoms with Crippen molar-refractivity contribution in [3.05, 3.63) is 77.7 Å². The Morgan fingerprint density at radius 1 is 0.938 bits per heavy atom. The number of para-hydroxylation sites is 1. The molecular formula is C25H30N4O3. The second-order valence-electron chi connectivity index (χ2n) is 6.86. The quantitative estimate of drug-likeness (QED) is 0.293. The predicted octanol–water partition coefficient (Wildman–Crippen LogP) is 4.52. The summed E-state index contributed by atoms with van der Waals surface area (Å²) in [6, 6.07) is 19.4. The molecule has 3 aromatic rings. The summed E-state index contributed by atoms with van der Waals surface area (Å²) in [5.74, 6) is 0.781. The van der Waals surface area contributed by atoms with Crippen molar-refractivity contribution in [2.24, 2.45) is 5.16 Å². The van der Waals surface area contributed by atoms with Crippen molar-refractivity contribution in [2.45, 2.75) is 26.7 Å². The monoisotopic (exact) mass is 434 g/mol. The van der Waals surface area contributed by atoms with Gasteiger partial charge in [0.15, 0.2) is 0 Å². The first-order chi connectivity index (χ1) is 15.6. The first kappa shape index (κ1) is 24.7. The van der Waals surface area contributed by atoms with Gasteiger partial charge in [-0.15, -0.1) is 0 Å². The average molecular weight is 435 g/mol. The van der Waals surface area contributed by atoms with E-state index in [1.54, 1.807) is 14.0 Å². The molecule has 0 atom stereocenters. The molecule has 0 spiro atoms. The molecule has 168 valence electrons. The number of aliphatic hydroxyl groups is 1. The number of ether oxygens (including phenoxy) is 1. The van der Waals surface area contributed by atoms with Gasteiger partial charge in [-0.25, -0.2) is 4.98 Å². The van der Waals surface area contributed by atoms with Gasteiger partial charge >= 0.3 is 0 Å². The topological polar surface area (TPSA) is 101 Å². The second-order valence-corrected chi connectivity index (χ2v) is 6.86. The summed E-state index contributed by atoms with van der Waals surface area (Å²) in [4.78, 5) is 14.7. The van der Waals surface area contributed by atoms with E-state index in [0.717, 1.165) is 48.3 Å². The molecule has 3 rings (SSSR count). The van der Waals surface area contributed by atoms with Gasteiger partial charge in [-0.05, 0) is 63.1 Å². The van der Waals surface area contributed by atoms with Crippen molar-refractivity contribution in [2.75, 3.05) is 20.8 Å². The van der Waals surface area contributed by atoms with Crippen LogP contribution in [0.1, 0.15) is 37.4 Å². The van der Waals surface area contributed by atoms with Gasteiger partial charge in [0.05, 0.1) is 29.9 Å². The summed E-state index contributed by atoms with van der Waals surface area (Å²) in [6.07, 6.45) is 1.57. The number of benzene rings is 1. The summed E-state index contributed by atoms with van der Waals surface area (Å²) < 4.78 is 5.44. The molecule has 0 aliphatic heterocycles. The number of rotatable bonds is 9. The van der Waals surface area contributed by atoms with Crippen LogP contribution in [0, 0.1) is 5.41 Å². The maximum Gasteiger partial charge on any atom is 0.128 e. The lowest BCUT2D eigenvalue weighted by molar-refractivity contribution is 0.141. The number of hydrogen-bond acceptors (Lipinski definition) is 7. The molecule has 1 aromatic carbocycles. The zero-order chi connectivity index (χ0) is 23.3. The van der Waals surface area contributed by atoms with Gasteiger partial charge in [0.25, 0.3) is 0 Å². The van der Waals surface area contributed by atoms with Crippen LogP contribution in [0.15, 0.2) is 65.8 Å². The van der Waals surface area contributed by atoms with Crippen molar-refractivity contribution >= 4 is 11.4 Å². The minimum atomic E-state index is 0.469. The van der Waals surface area contributed by atoms with E-state index < -0.39 is 0 Å². The molecule has 0 aliphatic rings. The lowest BCUT2D eigenvalue weighted by atomic mass is 10.1. The van der Waals surface area contributed by atoms with Crippen LogP contribution in [0.3, 0.4) is 0 Å². The van der Waals surface area contributed by atoms with Gasteiger partial charge in [-0.1, -0.05) is 29.4 Å². The van der Waals surface area contributed by atoms with E-state index in [1.807, 2.05) is 67.6 Å². The molecule has 0 saturated heterocycles. The Labute approximate surface area is 189 Å². The normalized spacial score (nSPS) is 10.7. The third-order valence-corrected chi connectivity index (χ3v) is 4.56.